The second kappa shape index (κ2) is 4.92. The van der Waals surface area contributed by atoms with Crippen molar-refractivity contribution < 1.29 is 9.59 Å². The van der Waals surface area contributed by atoms with Crippen molar-refractivity contribution in [3.05, 3.63) is 22.8 Å². The highest BCUT2D eigenvalue weighted by atomic mass is 32.2. The number of carbonyl (C=O) groups is 2. The number of hydrogen-bond acceptors (Lipinski definition) is 4. The molecule has 0 radical (unpaired) electrons. The van der Waals surface area contributed by atoms with Crippen molar-refractivity contribution in [2.24, 2.45) is 5.41 Å². The lowest BCUT2D eigenvalue weighted by Gasteiger charge is -2.28. The molecule has 0 atom stereocenters. The van der Waals surface area contributed by atoms with E-state index in [1.807, 2.05) is 27.0 Å². The summed E-state index contributed by atoms with van der Waals surface area (Å²) in [6.07, 6.45) is 4.55. The van der Waals surface area contributed by atoms with Gasteiger partial charge in [-0.1, -0.05) is 13.8 Å². The van der Waals surface area contributed by atoms with Crippen LogP contribution in [0.4, 0.5) is 0 Å². The van der Waals surface area contributed by atoms with Gasteiger partial charge in [0.25, 0.3) is 0 Å². The third-order valence-electron chi connectivity index (χ3n) is 3.32. The molecule has 0 aromatic carbocycles. The van der Waals surface area contributed by atoms with Crippen molar-refractivity contribution in [2.45, 2.75) is 26.7 Å². The van der Waals surface area contributed by atoms with Crippen molar-refractivity contribution in [3.8, 4) is 0 Å². The van der Waals surface area contributed by atoms with Crippen molar-refractivity contribution in [2.75, 3.05) is 19.3 Å². The molecule has 1 saturated carbocycles. The third kappa shape index (κ3) is 2.86. The van der Waals surface area contributed by atoms with E-state index in [0.717, 1.165) is 17.3 Å². The van der Waals surface area contributed by atoms with Crippen molar-refractivity contribution in [1.82, 2.24) is 4.90 Å². The van der Waals surface area contributed by atoms with Gasteiger partial charge in [-0.3, -0.25) is 9.59 Å². The largest absolute Gasteiger partial charge is 0.369 e. The van der Waals surface area contributed by atoms with E-state index < -0.39 is 0 Å². The molecule has 1 aliphatic heterocycles. The first-order valence-electron chi connectivity index (χ1n) is 6.21. The molecule has 1 aliphatic carbocycles. The minimum atomic E-state index is -0.183. The molecule has 2 rings (SSSR count). The Morgan fingerprint density at radius 3 is 2.28 bits per heavy atom. The van der Waals surface area contributed by atoms with E-state index in [2.05, 4.69) is 4.90 Å². The van der Waals surface area contributed by atoms with Gasteiger partial charge in [0.05, 0.1) is 10.6 Å². The Labute approximate surface area is 112 Å². The fourth-order valence-electron chi connectivity index (χ4n) is 2.30. The van der Waals surface area contributed by atoms with E-state index in [1.165, 1.54) is 0 Å². The average Bonchev–Trinajstić information content (AvgIpc) is 2.61. The summed E-state index contributed by atoms with van der Waals surface area (Å²) in [5, 5.41) is 1.13. The number of ketones is 2. The van der Waals surface area contributed by atoms with Gasteiger partial charge in [0.2, 0.25) is 0 Å². The molecule has 0 aromatic rings. The van der Waals surface area contributed by atoms with Gasteiger partial charge in [-0.25, -0.2) is 0 Å². The predicted octanol–water partition coefficient (Wildman–Crippen LogP) is 2.39. The molecular formula is C14H19NO2S. The van der Waals surface area contributed by atoms with E-state index in [-0.39, 0.29) is 17.0 Å². The molecule has 2 aliphatic rings. The van der Waals surface area contributed by atoms with Crippen molar-refractivity contribution in [3.63, 3.8) is 0 Å². The quantitative estimate of drug-likeness (QED) is 0.539. The first-order valence-corrected chi connectivity index (χ1v) is 7.20. The number of thioether (sulfide) groups is 1. The van der Waals surface area contributed by atoms with Crippen LogP contribution in [-0.4, -0.2) is 35.8 Å². The average molecular weight is 265 g/mol. The van der Waals surface area contributed by atoms with E-state index in [0.29, 0.717) is 18.4 Å². The van der Waals surface area contributed by atoms with E-state index in [9.17, 15) is 9.59 Å². The van der Waals surface area contributed by atoms with Gasteiger partial charge in [0.15, 0.2) is 11.6 Å². The maximum Gasteiger partial charge on any atom is 0.166 e. The lowest BCUT2D eigenvalue weighted by atomic mass is 9.74. The Kier molecular flexibility index (Phi) is 3.66. The number of allylic oxidation sites excluding steroid dienone is 3. The van der Waals surface area contributed by atoms with Crippen LogP contribution in [0.3, 0.4) is 0 Å². The van der Waals surface area contributed by atoms with Gasteiger partial charge in [0, 0.05) is 32.2 Å². The number of carbonyl (C=O) groups excluding carboxylic acids is 2. The lowest BCUT2D eigenvalue weighted by molar-refractivity contribution is -0.127. The number of hydrogen-bond donors (Lipinski definition) is 0. The second-order valence-corrected chi connectivity index (χ2v) is 6.83. The Bertz CT molecular complexity index is 427. The van der Waals surface area contributed by atoms with E-state index in [4.69, 9.17) is 0 Å². The monoisotopic (exact) mass is 265 g/mol. The van der Waals surface area contributed by atoms with Gasteiger partial charge in [-0.2, -0.15) is 0 Å². The highest BCUT2D eigenvalue weighted by molar-refractivity contribution is 8.03. The summed E-state index contributed by atoms with van der Waals surface area (Å²) in [5.41, 5.74) is 0.195. The molecular weight excluding hydrogens is 246 g/mol. The summed E-state index contributed by atoms with van der Waals surface area (Å²) in [6.45, 7) is 4.96. The molecule has 0 unspecified atom stereocenters. The van der Waals surface area contributed by atoms with E-state index >= 15 is 0 Å². The van der Waals surface area contributed by atoms with Crippen molar-refractivity contribution >= 4 is 23.3 Å². The lowest BCUT2D eigenvalue weighted by Crippen LogP contribution is -2.31. The van der Waals surface area contributed by atoms with E-state index in [1.54, 1.807) is 17.8 Å². The fourth-order valence-corrected chi connectivity index (χ4v) is 3.35. The molecule has 0 N–H and O–H groups in total. The molecule has 0 spiro atoms. The second-order valence-electron chi connectivity index (χ2n) is 5.72. The molecule has 1 heterocycles. The molecule has 3 nitrogen and oxygen atoms in total. The smallest absolute Gasteiger partial charge is 0.166 e. The molecule has 0 aromatic heterocycles. The van der Waals surface area contributed by atoms with Crippen LogP contribution in [0.1, 0.15) is 26.7 Å². The molecule has 98 valence electrons. The van der Waals surface area contributed by atoms with Gasteiger partial charge in [0.1, 0.15) is 0 Å². The Morgan fingerprint density at radius 1 is 1.17 bits per heavy atom. The summed E-state index contributed by atoms with van der Waals surface area (Å²) < 4.78 is 0. The molecule has 18 heavy (non-hydrogen) atoms. The summed E-state index contributed by atoms with van der Waals surface area (Å²) in [5.74, 6) is 1.04. The molecule has 4 heteroatoms. The highest BCUT2D eigenvalue weighted by Gasteiger charge is 2.35. The van der Waals surface area contributed by atoms with Crippen LogP contribution in [0.15, 0.2) is 22.8 Å². The van der Waals surface area contributed by atoms with Crippen LogP contribution in [0.2, 0.25) is 0 Å². The Hall–Kier alpha value is -1.03. The maximum atomic E-state index is 12.0. The van der Waals surface area contributed by atoms with Crippen LogP contribution in [0.5, 0.6) is 0 Å². The molecule has 0 amide bonds. The SMILES string of the molecule is CN1CCS/C1=C\C=C1C(=O)CC(C)(C)CC1=O. The fraction of sp³-hybridized carbons (Fsp3) is 0.571. The number of nitrogens with zero attached hydrogens (tertiary/aromatic N) is 1. The van der Waals surface area contributed by atoms with Crippen LogP contribution >= 0.6 is 11.8 Å². The number of Topliss-reactive ketones (excluding diaryl/α,β-unsaturated/α-hetero) is 2. The van der Waals surface area contributed by atoms with Gasteiger partial charge >= 0.3 is 0 Å². The van der Waals surface area contributed by atoms with Crippen LogP contribution in [0.25, 0.3) is 0 Å². The summed E-state index contributed by atoms with van der Waals surface area (Å²) >= 11 is 1.76. The predicted molar refractivity (Wildman–Crippen MR) is 74.3 cm³/mol. The van der Waals surface area contributed by atoms with Crippen LogP contribution in [-0.2, 0) is 9.59 Å². The standard InChI is InChI=1S/C14H19NO2S/c1-14(2)8-11(16)10(12(17)9-14)4-5-13-15(3)6-7-18-13/h4-5H,6-9H2,1-3H3/b13-5-. The Morgan fingerprint density at radius 2 is 1.78 bits per heavy atom. The number of rotatable bonds is 1. The summed E-state index contributed by atoms with van der Waals surface area (Å²) in [4.78, 5) is 26.1. The first kappa shape index (κ1) is 13.4. The molecule has 2 fully saturated rings. The zero-order chi connectivity index (χ0) is 13.3. The summed E-state index contributed by atoms with van der Waals surface area (Å²) in [7, 11) is 2.03. The Balaban J connectivity index is 2.18. The highest BCUT2D eigenvalue weighted by Crippen LogP contribution is 2.34. The maximum absolute atomic E-state index is 12.0. The summed E-state index contributed by atoms with van der Waals surface area (Å²) in [6, 6.07) is 0. The van der Waals surface area contributed by atoms with Gasteiger partial charge < -0.3 is 4.90 Å². The van der Waals surface area contributed by atoms with Crippen LogP contribution in [0, 0.1) is 5.41 Å². The molecule has 0 bridgehead atoms. The minimum absolute atomic E-state index is 0.0150. The topological polar surface area (TPSA) is 37.4 Å². The van der Waals surface area contributed by atoms with Crippen molar-refractivity contribution in [1.29, 1.82) is 0 Å². The van der Waals surface area contributed by atoms with Gasteiger partial charge in [-0.15, -0.1) is 11.8 Å². The third-order valence-corrected chi connectivity index (χ3v) is 4.45. The van der Waals surface area contributed by atoms with Gasteiger partial charge in [-0.05, 0) is 17.6 Å². The first-order chi connectivity index (χ1) is 8.39. The zero-order valence-corrected chi connectivity index (χ0v) is 12.0. The molecule has 1 saturated heterocycles. The minimum Gasteiger partial charge on any atom is -0.369 e. The zero-order valence-electron chi connectivity index (χ0n) is 11.2. The van der Waals surface area contributed by atoms with Crippen LogP contribution < -0.4 is 0 Å². The normalized spacial score (nSPS) is 26.1.